The first-order valence-corrected chi connectivity index (χ1v) is 7.19. The van der Waals surface area contributed by atoms with Gasteiger partial charge in [-0.2, -0.15) is 5.10 Å². The maximum atomic E-state index is 11.3. The molecule has 0 saturated carbocycles. The number of fused-ring (bicyclic) bond motifs is 1. The van der Waals surface area contributed by atoms with Gasteiger partial charge in [-0.05, 0) is 43.0 Å². The number of hydrogen-bond acceptors (Lipinski definition) is 4. The lowest BCUT2D eigenvalue weighted by atomic mass is 10.0. The van der Waals surface area contributed by atoms with Crippen molar-refractivity contribution in [2.75, 3.05) is 11.9 Å². The van der Waals surface area contributed by atoms with Crippen molar-refractivity contribution >= 4 is 11.6 Å². The highest BCUT2D eigenvalue weighted by molar-refractivity contribution is 5.93. The van der Waals surface area contributed by atoms with E-state index in [0.717, 1.165) is 42.8 Å². The van der Waals surface area contributed by atoms with Crippen LogP contribution in [0.5, 0.6) is 5.75 Å². The van der Waals surface area contributed by atoms with Gasteiger partial charge < -0.3 is 10.1 Å². The molecule has 0 saturated heterocycles. The van der Waals surface area contributed by atoms with Crippen LogP contribution in [-0.4, -0.2) is 27.3 Å². The van der Waals surface area contributed by atoms with Crippen LogP contribution in [0.4, 0.5) is 5.69 Å². The number of unbranched alkanes of at least 4 members (excludes halogenated alkanes) is 1. The smallest absolute Gasteiger partial charge is 0.224 e. The first-order valence-electron chi connectivity index (χ1n) is 7.19. The van der Waals surface area contributed by atoms with Crippen LogP contribution in [0.25, 0.3) is 0 Å². The molecule has 21 heavy (non-hydrogen) atoms. The van der Waals surface area contributed by atoms with Gasteiger partial charge in [0.2, 0.25) is 5.91 Å². The Morgan fingerprint density at radius 3 is 3.10 bits per heavy atom. The van der Waals surface area contributed by atoms with E-state index < -0.39 is 0 Å². The number of nitrogens with zero attached hydrogens (tertiary/aromatic N) is 3. The van der Waals surface area contributed by atoms with Crippen molar-refractivity contribution in [1.82, 2.24) is 14.8 Å². The molecule has 6 heteroatoms. The molecule has 2 heterocycles. The summed E-state index contributed by atoms with van der Waals surface area (Å²) in [6.45, 7) is 1.54. The molecule has 0 bridgehead atoms. The second-order valence-corrected chi connectivity index (χ2v) is 5.08. The first kappa shape index (κ1) is 13.6. The van der Waals surface area contributed by atoms with E-state index in [0.29, 0.717) is 13.0 Å². The molecule has 0 radical (unpaired) electrons. The maximum Gasteiger partial charge on any atom is 0.224 e. The fraction of sp³-hybridized carbons (Fsp3) is 0.400. The molecule has 1 aliphatic heterocycles. The Morgan fingerprint density at radius 1 is 1.29 bits per heavy atom. The number of aryl methyl sites for hydroxylation is 2. The third kappa shape index (κ3) is 3.59. The lowest BCUT2D eigenvalue weighted by Gasteiger charge is -2.17. The molecular weight excluding hydrogens is 268 g/mol. The summed E-state index contributed by atoms with van der Waals surface area (Å²) in [5, 5.41) is 6.93. The van der Waals surface area contributed by atoms with Crippen molar-refractivity contribution in [2.45, 2.75) is 32.2 Å². The van der Waals surface area contributed by atoms with E-state index >= 15 is 0 Å². The molecule has 6 nitrogen and oxygen atoms in total. The number of rotatable bonds is 6. The van der Waals surface area contributed by atoms with Crippen LogP contribution in [0.15, 0.2) is 30.9 Å². The van der Waals surface area contributed by atoms with Crippen LogP contribution in [0, 0.1) is 0 Å². The average Bonchev–Trinajstić information content (AvgIpc) is 3.00. The Balaban J connectivity index is 1.44. The topological polar surface area (TPSA) is 69.0 Å². The number of aromatic nitrogens is 3. The van der Waals surface area contributed by atoms with Gasteiger partial charge in [-0.15, -0.1) is 0 Å². The van der Waals surface area contributed by atoms with Crippen molar-refractivity contribution < 1.29 is 9.53 Å². The van der Waals surface area contributed by atoms with Crippen molar-refractivity contribution in [3.8, 4) is 5.75 Å². The van der Waals surface area contributed by atoms with E-state index in [-0.39, 0.29) is 5.91 Å². The Hall–Kier alpha value is -2.37. The van der Waals surface area contributed by atoms with E-state index in [2.05, 4.69) is 15.4 Å². The molecule has 1 amide bonds. The molecule has 0 spiro atoms. The SMILES string of the molecule is O=C1CCc2cc(OCCCCn3cncn3)ccc2N1. The largest absolute Gasteiger partial charge is 0.494 e. The number of carbonyl (C=O) groups excluding carboxylic acids is 1. The second kappa shape index (κ2) is 6.39. The molecule has 1 aromatic heterocycles. The Labute approximate surface area is 123 Å². The summed E-state index contributed by atoms with van der Waals surface area (Å²) < 4.78 is 7.58. The number of carbonyl (C=O) groups is 1. The fourth-order valence-corrected chi connectivity index (χ4v) is 2.36. The minimum absolute atomic E-state index is 0.0873. The van der Waals surface area contributed by atoms with Crippen LogP contribution >= 0.6 is 0 Å². The van der Waals surface area contributed by atoms with E-state index in [1.54, 1.807) is 12.7 Å². The fourth-order valence-electron chi connectivity index (χ4n) is 2.36. The van der Waals surface area contributed by atoms with Gasteiger partial charge in [-0.25, -0.2) is 4.98 Å². The highest BCUT2D eigenvalue weighted by atomic mass is 16.5. The molecule has 0 fully saturated rings. The van der Waals surface area contributed by atoms with Gasteiger partial charge in [-0.3, -0.25) is 9.48 Å². The van der Waals surface area contributed by atoms with Crippen LogP contribution in [0.2, 0.25) is 0 Å². The van der Waals surface area contributed by atoms with Gasteiger partial charge in [0.25, 0.3) is 0 Å². The van der Waals surface area contributed by atoms with Crippen molar-refractivity contribution in [3.05, 3.63) is 36.4 Å². The summed E-state index contributed by atoms with van der Waals surface area (Å²) >= 11 is 0. The highest BCUT2D eigenvalue weighted by Crippen LogP contribution is 2.26. The summed E-state index contributed by atoms with van der Waals surface area (Å²) in [5.74, 6) is 0.954. The van der Waals surface area contributed by atoms with Gasteiger partial charge >= 0.3 is 0 Å². The summed E-state index contributed by atoms with van der Waals surface area (Å²) in [4.78, 5) is 15.2. The number of amides is 1. The third-order valence-electron chi connectivity index (χ3n) is 3.49. The van der Waals surface area contributed by atoms with Crippen LogP contribution in [0.1, 0.15) is 24.8 Å². The normalized spacial score (nSPS) is 13.6. The van der Waals surface area contributed by atoms with E-state index in [4.69, 9.17) is 4.74 Å². The number of ether oxygens (including phenoxy) is 1. The Morgan fingerprint density at radius 2 is 2.24 bits per heavy atom. The first-order chi connectivity index (χ1) is 10.3. The molecule has 0 aliphatic carbocycles. The van der Waals surface area contributed by atoms with Gasteiger partial charge in [-0.1, -0.05) is 0 Å². The molecule has 1 N–H and O–H groups in total. The zero-order valence-corrected chi connectivity index (χ0v) is 11.8. The summed E-state index contributed by atoms with van der Waals surface area (Å²) in [7, 11) is 0. The molecule has 1 aromatic carbocycles. The third-order valence-corrected chi connectivity index (χ3v) is 3.49. The van der Waals surface area contributed by atoms with Crippen LogP contribution in [-0.2, 0) is 17.8 Å². The molecule has 0 unspecified atom stereocenters. The van der Waals surface area contributed by atoms with Crippen LogP contribution in [0.3, 0.4) is 0 Å². The van der Waals surface area contributed by atoms with E-state index in [1.165, 1.54) is 0 Å². The van der Waals surface area contributed by atoms with E-state index in [1.807, 2.05) is 22.9 Å². The zero-order valence-electron chi connectivity index (χ0n) is 11.8. The molecule has 110 valence electrons. The Kier molecular flexibility index (Phi) is 4.14. The number of benzene rings is 1. The second-order valence-electron chi connectivity index (χ2n) is 5.08. The summed E-state index contributed by atoms with van der Waals surface area (Å²) in [5.41, 5.74) is 2.06. The molecule has 2 aromatic rings. The zero-order chi connectivity index (χ0) is 14.5. The van der Waals surface area contributed by atoms with Crippen molar-refractivity contribution in [1.29, 1.82) is 0 Å². The van der Waals surface area contributed by atoms with Gasteiger partial charge in [0.1, 0.15) is 18.4 Å². The van der Waals surface area contributed by atoms with Crippen molar-refractivity contribution in [3.63, 3.8) is 0 Å². The summed E-state index contributed by atoms with van der Waals surface area (Å²) in [6.07, 6.45) is 6.57. The lowest BCUT2D eigenvalue weighted by molar-refractivity contribution is -0.116. The monoisotopic (exact) mass is 286 g/mol. The maximum absolute atomic E-state index is 11.3. The number of anilines is 1. The quantitative estimate of drug-likeness (QED) is 0.825. The standard InChI is InChI=1S/C15H18N4O2/c20-15-6-3-12-9-13(4-5-14(12)18-15)21-8-2-1-7-19-11-16-10-17-19/h4-5,9-11H,1-3,6-8H2,(H,18,20). The number of hydrogen-bond donors (Lipinski definition) is 1. The molecular formula is C15H18N4O2. The molecule has 1 aliphatic rings. The lowest BCUT2D eigenvalue weighted by Crippen LogP contribution is -2.18. The van der Waals surface area contributed by atoms with E-state index in [9.17, 15) is 4.79 Å². The average molecular weight is 286 g/mol. The summed E-state index contributed by atoms with van der Waals surface area (Å²) in [6, 6.07) is 5.84. The predicted octanol–water partition coefficient (Wildman–Crippen LogP) is 2.02. The number of nitrogens with one attached hydrogen (secondary N) is 1. The van der Waals surface area contributed by atoms with Crippen LogP contribution < -0.4 is 10.1 Å². The minimum atomic E-state index is 0.0873. The van der Waals surface area contributed by atoms with Gasteiger partial charge in [0.05, 0.1) is 6.61 Å². The predicted molar refractivity (Wildman–Crippen MR) is 78.1 cm³/mol. The van der Waals surface area contributed by atoms with Gasteiger partial charge in [0, 0.05) is 18.7 Å². The minimum Gasteiger partial charge on any atom is -0.494 e. The molecule has 3 rings (SSSR count). The van der Waals surface area contributed by atoms with Gasteiger partial charge in [0.15, 0.2) is 0 Å². The Bertz CT molecular complexity index is 610. The highest BCUT2D eigenvalue weighted by Gasteiger charge is 2.14. The molecule has 0 atom stereocenters. The van der Waals surface area contributed by atoms with Crippen molar-refractivity contribution in [2.24, 2.45) is 0 Å².